The molecule has 0 bridgehead atoms. The van der Waals surface area contributed by atoms with Crippen LogP contribution >= 0.6 is 11.3 Å². The second-order valence-electron chi connectivity index (χ2n) is 5.08. The van der Waals surface area contributed by atoms with E-state index in [1.54, 1.807) is 11.6 Å². The van der Waals surface area contributed by atoms with Crippen LogP contribution in [0.25, 0.3) is 4.96 Å². The first-order valence-corrected chi connectivity index (χ1v) is 7.79. The molecule has 2 rings (SSSR count). The first-order valence-electron chi connectivity index (χ1n) is 6.91. The summed E-state index contributed by atoms with van der Waals surface area (Å²) >= 11 is 1.34. The van der Waals surface area contributed by atoms with Crippen molar-refractivity contribution in [2.24, 2.45) is 5.41 Å². The number of fused-ring (bicyclic) bond motifs is 1. The number of carbonyl (C=O) groups is 1. The minimum Gasteiger partial charge on any atom is -0.396 e. The summed E-state index contributed by atoms with van der Waals surface area (Å²) in [5.41, 5.74) is -0.697. The van der Waals surface area contributed by atoms with Crippen molar-refractivity contribution in [1.82, 2.24) is 14.7 Å². The van der Waals surface area contributed by atoms with Gasteiger partial charge in [0.25, 0.3) is 11.5 Å². The lowest BCUT2D eigenvalue weighted by atomic mass is 9.83. The van der Waals surface area contributed by atoms with Crippen LogP contribution in [-0.2, 0) is 0 Å². The van der Waals surface area contributed by atoms with Crippen LogP contribution in [0, 0.1) is 5.41 Å². The largest absolute Gasteiger partial charge is 0.396 e. The fourth-order valence-electron chi connectivity index (χ4n) is 2.12. The number of rotatable bonds is 6. The molecule has 0 unspecified atom stereocenters. The summed E-state index contributed by atoms with van der Waals surface area (Å²) in [6, 6.07) is 0. The van der Waals surface area contributed by atoms with Gasteiger partial charge in [0.1, 0.15) is 5.56 Å². The Bertz CT molecular complexity index is 680. The van der Waals surface area contributed by atoms with E-state index in [4.69, 9.17) is 0 Å². The molecule has 2 aromatic heterocycles. The van der Waals surface area contributed by atoms with Gasteiger partial charge in [0.2, 0.25) is 0 Å². The highest BCUT2D eigenvalue weighted by Gasteiger charge is 2.26. The van der Waals surface area contributed by atoms with Crippen molar-refractivity contribution >= 4 is 22.2 Å². The summed E-state index contributed by atoms with van der Waals surface area (Å²) in [5.74, 6) is -0.451. The molecular formula is C14H19N3O3S. The summed E-state index contributed by atoms with van der Waals surface area (Å²) in [7, 11) is 0. The molecule has 0 aliphatic heterocycles. The van der Waals surface area contributed by atoms with Gasteiger partial charge < -0.3 is 10.4 Å². The van der Waals surface area contributed by atoms with Crippen LogP contribution in [-0.4, -0.2) is 33.6 Å². The van der Waals surface area contributed by atoms with Gasteiger partial charge in [-0.15, -0.1) is 11.3 Å². The minimum absolute atomic E-state index is 0.00107. The van der Waals surface area contributed by atoms with Crippen LogP contribution in [0.15, 0.2) is 22.6 Å². The number of thiazole rings is 1. The van der Waals surface area contributed by atoms with Gasteiger partial charge in [-0.25, -0.2) is 4.98 Å². The predicted octanol–water partition coefficient (Wildman–Crippen LogP) is 1.28. The first kappa shape index (κ1) is 15.7. The summed E-state index contributed by atoms with van der Waals surface area (Å²) in [6.07, 6.45) is 4.41. The van der Waals surface area contributed by atoms with Gasteiger partial charge in [0, 0.05) is 29.7 Å². The molecule has 0 aliphatic carbocycles. The van der Waals surface area contributed by atoms with Crippen LogP contribution in [0.5, 0.6) is 0 Å². The first-order chi connectivity index (χ1) is 10.1. The Hall–Kier alpha value is -1.73. The van der Waals surface area contributed by atoms with Crippen molar-refractivity contribution in [3.63, 3.8) is 0 Å². The average molecular weight is 309 g/mol. The van der Waals surface area contributed by atoms with Gasteiger partial charge >= 0.3 is 0 Å². The van der Waals surface area contributed by atoms with Crippen molar-refractivity contribution < 1.29 is 9.90 Å². The molecule has 0 radical (unpaired) electrons. The third-order valence-corrected chi connectivity index (χ3v) is 4.82. The lowest BCUT2D eigenvalue weighted by Crippen LogP contribution is -2.41. The molecule has 2 heterocycles. The molecular weight excluding hydrogens is 290 g/mol. The Labute approximate surface area is 126 Å². The van der Waals surface area contributed by atoms with Crippen molar-refractivity contribution in [2.75, 3.05) is 13.2 Å². The van der Waals surface area contributed by atoms with Gasteiger partial charge in [-0.2, -0.15) is 0 Å². The van der Waals surface area contributed by atoms with Crippen molar-refractivity contribution in [1.29, 1.82) is 0 Å². The number of hydrogen-bond donors (Lipinski definition) is 2. The molecule has 114 valence electrons. The highest BCUT2D eigenvalue weighted by Crippen LogP contribution is 2.24. The van der Waals surface area contributed by atoms with Crippen LogP contribution < -0.4 is 10.9 Å². The van der Waals surface area contributed by atoms with E-state index in [1.807, 2.05) is 13.8 Å². The van der Waals surface area contributed by atoms with Crippen LogP contribution in [0.1, 0.15) is 37.0 Å². The molecule has 0 saturated heterocycles. The fraction of sp³-hybridized carbons (Fsp3) is 0.500. The summed E-state index contributed by atoms with van der Waals surface area (Å²) in [6.45, 7) is 4.28. The predicted molar refractivity (Wildman–Crippen MR) is 81.8 cm³/mol. The highest BCUT2D eigenvalue weighted by atomic mass is 32.1. The number of carbonyl (C=O) groups excluding carboxylic acids is 1. The maximum Gasteiger partial charge on any atom is 0.271 e. The second-order valence-corrected chi connectivity index (χ2v) is 5.95. The van der Waals surface area contributed by atoms with E-state index in [9.17, 15) is 14.7 Å². The molecule has 0 atom stereocenters. The molecule has 1 amide bonds. The minimum atomic E-state index is -0.451. The average Bonchev–Trinajstić information content (AvgIpc) is 2.99. The molecule has 0 aromatic carbocycles. The molecule has 21 heavy (non-hydrogen) atoms. The lowest BCUT2D eigenvalue weighted by Gasteiger charge is -2.29. The Balaban J connectivity index is 2.19. The maximum absolute atomic E-state index is 12.2. The lowest BCUT2D eigenvalue weighted by molar-refractivity contribution is 0.0849. The molecule has 2 aromatic rings. The van der Waals surface area contributed by atoms with Gasteiger partial charge in [-0.1, -0.05) is 13.8 Å². The highest BCUT2D eigenvalue weighted by molar-refractivity contribution is 7.15. The van der Waals surface area contributed by atoms with E-state index in [1.165, 1.54) is 21.9 Å². The van der Waals surface area contributed by atoms with E-state index in [-0.39, 0.29) is 23.1 Å². The molecule has 7 heteroatoms. The molecule has 6 nitrogen and oxygen atoms in total. The smallest absolute Gasteiger partial charge is 0.271 e. The third-order valence-electron chi connectivity index (χ3n) is 4.05. The zero-order chi connectivity index (χ0) is 15.5. The number of aromatic nitrogens is 2. The monoisotopic (exact) mass is 309 g/mol. The standard InChI is InChI=1S/C14H19N3O3S/c1-3-14(4-2,9-18)8-16-11(19)10-7-15-13-17(12(10)20)5-6-21-13/h5-7,18H,3-4,8-9H2,1-2H3,(H,16,19). The van der Waals surface area contributed by atoms with Crippen molar-refractivity contribution in [3.8, 4) is 0 Å². The van der Waals surface area contributed by atoms with Gasteiger partial charge in [-0.3, -0.25) is 14.0 Å². The van der Waals surface area contributed by atoms with E-state index in [0.717, 1.165) is 12.8 Å². The second kappa shape index (κ2) is 6.36. The van der Waals surface area contributed by atoms with Crippen LogP contribution in [0.4, 0.5) is 0 Å². The number of aliphatic hydroxyl groups is 1. The molecule has 2 N–H and O–H groups in total. The third kappa shape index (κ3) is 2.98. The number of amides is 1. The zero-order valence-electron chi connectivity index (χ0n) is 12.1. The van der Waals surface area contributed by atoms with Crippen LogP contribution in [0.2, 0.25) is 0 Å². The Morgan fingerprint density at radius 1 is 1.48 bits per heavy atom. The zero-order valence-corrected chi connectivity index (χ0v) is 12.9. The number of nitrogens with zero attached hydrogens (tertiary/aromatic N) is 2. The Morgan fingerprint density at radius 3 is 2.81 bits per heavy atom. The molecule has 0 fully saturated rings. The van der Waals surface area contributed by atoms with Crippen molar-refractivity contribution in [3.05, 3.63) is 33.7 Å². The number of aliphatic hydroxyl groups excluding tert-OH is 1. The Morgan fingerprint density at radius 2 is 2.19 bits per heavy atom. The SMILES string of the molecule is CCC(CC)(CO)CNC(=O)c1cnc2sccn2c1=O. The van der Waals surface area contributed by atoms with E-state index >= 15 is 0 Å². The van der Waals surface area contributed by atoms with E-state index in [2.05, 4.69) is 10.3 Å². The summed E-state index contributed by atoms with van der Waals surface area (Å²) in [5, 5.41) is 14.0. The quantitative estimate of drug-likeness (QED) is 0.842. The van der Waals surface area contributed by atoms with E-state index in [0.29, 0.717) is 11.5 Å². The summed E-state index contributed by atoms with van der Waals surface area (Å²) < 4.78 is 1.36. The molecule has 0 spiro atoms. The normalized spacial score (nSPS) is 11.8. The van der Waals surface area contributed by atoms with Crippen molar-refractivity contribution in [2.45, 2.75) is 26.7 Å². The Kier molecular flexibility index (Phi) is 4.74. The maximum atomic E-state index is 12.2. The fourth-order valence-corrected chi connectivity index (χ4v) is 2.80. The van der Waals surface area contributed by atoms with Gasteiger partial charge in [-0.05, 0) is 12.8 Å². The van der Waals surface area contributed by atoms with Crippen LogP contribution in [0.3, 0.4) is 0 Å². The van der Waals surface area contributed by atoms with E-state index < -0.39 is 5.91 Å². The molecule has 0 saturated carbocycles. The van der Waals surface area contributed by atoms with Gasteiger partial charge in [0.15, 0.2) is 4.96 Å². The molecule has 0 aliphatic rings. The van der Waals surface area contributed by atoms with Gasteiger partial charge in [0.05, 0.1) is 6.61 Å². The number of hydrogen-bond acceptors (Lipinski definition) is 5. The topological polar surface area (TPSA) is 83.7 Å². The number of nitrogens with one attached hydrogen (secondary N) is 1. The summed E-state index contributed by atoms with van der Waals surface area (Å²) in [4.78, 5) is 29.0.